The predicted molar refractivity (Wildman–Crippen MR) is 115 cm³/mol. The van der Waals surface area contributed by atoms with Gasteiger partial charge in [0.05, 0.1) is 10.6 Å². The van der Waals surface area contributed by atoms with Crippen LogP contribution in [0.4, 0.5) is 0 Å². The number of aryl methyl sites for hydroxylation is 1. The van der Waals surface area contributed by atoms with Crippen LogP contribution in [-0.2, 0) is 14.3 Å². The average Bonchev–Trinajstić information content (AvgIpc) is 3.13. The average molecular weight is 519 g/mol. The summed E-state index contributed by atoms with van der Waals surface area (Å²) in [6, 6.07) is 2.00. The third-order valence-corrected chi connectivity index (χ3v) is 5.51. The fraction of sp³-hybridized carbons (Fsp3) is 0.500. The third-order valence-electron chi connectivity index (χ3n) is 3.73. The number of carbonyl (C=O) groups excluding carboxylic acids is 2. The van der Waals surface area contributed by atoms with Crippen LogP contribution in [0.1, 0.15) is 26.5 Å². The van der Waals surface area contributed by atoms with Crippen LogP contribution in [0.3, 0.4) is 0 Å². The minimum Gasteiger partial charge on any atom is -0.459 e. The number of H-pyrrole nitrogens is 1. The summed E-state index contributed by atoms with van der Waals surface area (Å²) in [5.74, 6) is 0.121. The zero-order valence-corrected chi connectivity index (χ0v) is 19.4. The minimum atomic E-state index is -0.515. The van der Waals surface area contributed by atoms with Crippen LogP contribution in [0.2, 0.25) is 0 Å². The van der Waals surface area contributed by atoms with E-state index in [0.717, 1.165) is 21.2 Å². The molecule has 1 amide bonds. The van der Waals surface area contributed by atoms with Crippen molar-refractivity contribution in [2.45, 2.75) is 45.5 Å². The molecule has 1 aromatic heterocycles. The monoisotopic (exact) mass is 517 g/mol. The minimum absolute atomic E-state index is 0.0219. The van der Waals surface area contributed by atoms with Crippen LogP contribution in [0.15, 0.2) is 32.3 Å². The highest BCUT2D eigenvalue weighted by atomic mass is 79.9. The van der Waals surface area contributed by atoms with Crippen molar-refractivity contribution < 1.29 is 14.3 Å². The summed E-state index contributed by atoms with van der Waals surface area (Å²) < 4.78 is 7.26. The van der Waals surface area contributed by atoms with Crippen molar-refractivity contribution in [1.82, 2.24) is 20.5 Å². The van der Waals surface area contributed by atoms with Gasteiger partial charge in [0.2, 0.25) is 6.41 Å². The lowest BCUT2D eigenvalue weighted by molar-refractivity contribution is -0.152. The van der Waals surface area contributed by atoms with Crippen LogP contribution in [0, 0.1) is 6.92 Å². The Morgan fingerprint density at radius 3 is 2.61 bits per heavy atom. The lowest BCUT2D eigenvalue weighted by atomic mass is 10.1. The summed E-state index contributed by atoms with van der Waals surface area (Å²) in [6.45, 7) is 7.95. The number of fused-ring (bicyclic) bond motifs is 1. The number of hydrogen-bond acceptors (Lipinski definition) is 4. The number of ether oxygens (including phenoxy) is 1. The standard InChI is InChI=1S/C13H20N4O3.C5H5Br2N/c1-13(2,3)20-10(19)7-14-12-15-9-5-4-6-17(8-18)11(9)16-12;1-3-2-4(6)5(7)8-3/h4-5,8-9,11H,6-7H2,1-3H3,(H2,14,15,16);2,8H,1H3. The fourth-order valence-corrected chi connectivity index (χ4v) is 3.50. The van der Waals surface area contributed by atoms with Crippen molar-refractivity contribution in [3.05, 3.63) is 33.0 Å². The highest BCUT2D eigenvalue weighted by Crippen LogP contribution is 2.22. The molecule has 154 valence electrons. The molecule has 0 spiro atoms. The van der Waals surface area contributed by atoms with Crippen molar-refractivity contribution in [1.29, 1.82) is 0 Å². The summed E-state index contributed by atoms with van der Waals surface area (Å²) in [7, 11) is 0. The van der Waals surface area contributed by atoms with E-state index in [1.807, 2.05) is 45.9 Å². The van der Waals surface area contributed by atoms with Gasteiger partial charge >= 0.3 is 5.97 Å². The Labute approximate surface area is 181 Å². The van der Waals surface area contributed by atoms with Crippen LogP contribution >= 0.6 is 31.9 Å². The molecular formula is C18H25Br2N5O3. The molecule has 8 nitrogen and oxygen atoms in total. The fourth-order valence-electron chi connectivity index (χ4n) is 2.63. The van der Waals surface area contributed by atoms with Gasteiger partial charge in [-0.2, -0.15) is 0 Å². The third kappa shape index (κ3) is 6.66. The number of nitrogens with one attached hydrogen (secondary N) is 3. The summed E-state index contributed by atoms with van der Waals surface area (Å²) in [5.41, 5.74) is 0.641. The number of aliphatic imine (C=N–C) groups is 1. The first-order valence-corrected chi connectivity index (χ1v) is 10.4. The Kier molecular flexibility index (Phi) is 7.70. The van der Waals surface area contributed by atoms with E-state index >= 15 is 0 Å². The van der Waals surface area contributed by atoms with Gasteiger partial charge < -0.3 is 25.3 Å². The molecule has 0 aliphatic carbocycles. The zero-order chi connectivity index (χ0) is 20.9. The first kappa shape index (κ1) is 22.5. The zero-order valence-electron chi connectivity index (χ0n) is 16.3. The predicted octanol–water partition coefficient (Wildman–Crippen LogP) is 2.45. The highest BCUT2D eigenvalue weighted by molar-refractivity contribution is 9.13. The first-order valence-electron chi connectivity index (χ1n) is 8.77. The second-order valence-corrected chi connectivity index (χ2v) is 9.00. The van der Waals surface area contributed by atoms with Crippen LogP contribution in [-0.4, -0.2) is 59.1 Å². The molecule has 3 rings (SSSR count). The van der Waals surface area contributed by atoms with E-state index in [-0.39, 0.29) is 24.7 Å². The number of nitrogens with zero attached hydrogens (tertiary/aromatic N) is 2. The SMILES string of the molecule is CC(C)(C)OC(=O)CN=C1NC2C=CCN(C=O)C2N1.Cc1cc(Br)c(Br)[nH]1. The van der Waals surface area contributed by atoms with Gasteiger partial charge in [-0.25, -0.2) is 4.99 Å². The molecule has 2 atom stereocenters. The van der Waals surface area contributed by atoms with Crippen molar-refractivity contribution in [2.75, 3.05) is 13.1 Å². The van der Waals surface area contributed by atoms with Crippen LogP contribution < -0.4 is 10.6 Å². The number of halogens is 2. The van der Waals surface area contributed by atoms with E-state index in [9.17, 15) is 9.59 Å². The molecule has 2 unspecified atom stereocenters. The molecule has 2 aliphatic heterocycles. The summed E-state index contributed by atoms with van der Waals surface area (Å²) in [6.07, 6.45) is 4.54. The maximum atomic E-state index is 11.6. The van der Waals surface area contributed by atoms with Crippen molar-refractivity contribution >= 4 is 50.2 Å². The lowest BCUT2D eigenvalue weighted by Gasteiger charge is -2.29. The Morgan fingerprint density at radius 1 is 1.39 bits per heavy atom. The van der Waals surface area contributed by atoms with E-state index in [2.05, 4.69) is 52.5 Å². The van der Waals surface area contributed by atoms with Gasteiger partial charge in [-0.05, 0) is 65.6 Å². The molecule has 3 heterocycles. The maximum absolute atomic E-state index is 11.6. The topological polar surface area (TPSA) is 98.8 Å². The highest BCUT2D eigenvalue weighted by Gasteiger charge is 2.34. The van der Waals surface area contributed by atoms with Gasteiger partial charge in [-0.3, -0.25) is 9.59 Å². The summed E-state index contributed by atoms with van der Waals surface area (Å²) in [5, 5.41) is 6.21. The summed E-state index contributed by atoms with van der Waals surface area (Å²) in [4.78, 5) is 31.4. The Bertz CT molecular complexity index is 750. The second-order valence-electron chi connectivity index (χ2n) is 7.36. The van der Waals surface area contributed by atoms with Crippen molar-refractivity contribution in [3.8, 4) is 0 Å². The summed E-state index contributed by atoms with van der Waals surface area (Å²) >= 11 is 6.65. The number of amides is 1. The molecule has 3 N–H and O–H groups in total. The van der Waals surface area contributed by atoms with E-state index in [4.69, 9.17) is 4.74 Å². The van der Waals surface area contributed by atoms with Crippen molar-refractivity contribution in [2.24, 2.45) is 4.99 Å². The second kappa shape index (κ2) is 9.60. The van der Waals surface area contributed by atoms with Crippen molar-refractivity contribution in [3.63, 3.8) is 0 Å². The normalized spacial score (nSPS) is 21.9. The molecule has 28 heavy (non-hydrogen) atoms. The van der Waals surface area contributed by atoms with Gasteiger partial charge in [-0.1, -0.05) is 12.2 Å². The lowest BCUT2D eigenvalue weighted by Crippen LogP contribution is -2.49. The molecule has 2 aliphatic rings. The number of aromatic amines is 1. The van der Waals surface area contributed by atoms with E-state index < -0.39 is 5.60 Å². The molecular weight excluding hydrogens is 494 g/mol. The Hall–Kier alpha value is -1.81. The maximum Gasteiger partial charge on any atom is 0.328 e. The number of esters is 1. The van der Waals surface area contributed by atoms with Gasteiger partial charge in [-0.15, -0.1) is 0 Å². The van der Waals surface area contributed by atoms with Gasteiger partial charge in [0.1, 0.15) is 18.3 Å². The smallest absolute Gasteiger partial charge is 0.328 e. The number of guanidine groups is 1. The largest absolute Gasteiger partial charge is 0.459 e. The van der Waals surface area contributed by atoms with E-state index in [1.54, 1.807) is 4.90 Å². The molecule has 1 aromatic rings. The molecule has 10 heteroatoms. The molecule has 0 saturated carbocycles. The van der Waals surface area contributed by atoms with Crippen LogP contribution in [0.5, 0.6) is 0 Å². The Balaban J connectivity index is 0.000000292. The molecule has 0 aromatic carbocycles. The Morgan fingerprint density at radius 2 is 2.11 bits per heavy atom. The van der Waals surface area contributed by atoms with Gasteiger partial charge in [0.25, 0.3) is 0 Å². The number of hydrogen-bond donors (Lipinski definition) is 3. The van der Waals surface area contributed by atoms with Gasteiger partial charge in [0, 0.05) is 16.7 Å². The first-order chi connectivity index (χ1) is 13.1. The molecule has 0 radical (unpaired) electrons. The molecule has 1 saturated heterocycles. The number of aromatic nitrogens is 1. The van der Waals surface area contributed by atoms with Gasteiger partial charge in [0.15, 0.2) is 5.96 Å². The van der Waals surface area contributed by atoms with Crippen LogP contribution in [0.25, 0.3) is 0 Å². The number of carbonyl (C=O) groups is 2. The van der Waals surface area contributed by atoms with E-state index in [1.165, 1.54) is 0 Å². The quantitative estimate of drug-likeness (QED) is 0.324. The molecule has 1 fully saturated rings. The molecule has 0 bridgehead atoms. The van der Waals surface area contributed by atoms with E-state index in [0.29, 0.717) is 12.5 Å². The number of rotatable bonds is 3.